The molecule has 0 spiro atoms. The van der Waals surface area contributed by atoms with Crippen molar-refractivity contribution in [3.8, 4) is 0 Å². The minimum absolute atomic E-state index is 0.0294. The predicted octanol–water partition coefficient (Wildman–Crippen LogP) is 12.6. The van der Waals surface area contributed by atoms with Gasteiger partial charge in [0.15, 0.2) is 11.6 Å². The molecule has 0 aromatic rings. The number of rotatable bonds is 12. The van der Waals surface area contributed by atoms with Gasteiger partial charge in [0.2, 0.25) is 0 Å². The Balaban J connectivity index is 0.000000193. The van der Waals surface area contributed by atoms with Gasteiger partial charge in [-0.05, 0) is 161 Å². The van der Waals surface area contributed by atoms with Crippen LogP contribution >= 0.6 is 0 Å². The highest BCUT2D eigenvalue weighted by Gasteiger charge is 2.61. The second-order valence-electron chi connectivity index (χ2n) is 21.8. The quantitative estimate of drug-likeness (QED) is 0.142. The van der Waals surface area contributed by atoms with Gasteiger partial charge in [-0.1, -0.05) is 91.2 Å². The molecule has 8 aliphatic carbocycles. The van der Waals surface area contributed by atoms with Gasteiger partial charge in [-0.15, -0.1) is 0 Å². The van der Waals surface area contributed by atoms with Gasteiger partial charge in [0.1, 0.15) is 19.0 Å². The molecule has 0 amide bonds. The van der Waals surface area contributed by atoms with Crippen molar-refractivity contribution < 1.29 is 33.4 Å². The number of ether oxygens (including phenoxy) is 2. The molecule has 0 aliphatic heterocycles. The van der Waals surface area contributed by atoms with Gasteiger partial charge in [0, 0.05) is 36.5 Å². The maximum absolute atomic E-state index is 12.5. The Kier molecular flexibility index (Phi) is 15.5. The summed E-state index contributed by atoms with van der Waals surface area (Å²) in [5.41, 5.74) is 3.64. The van der Waals surface area contributed by atoms with E-state index < -0.39 is 0 Å². The zero-order valence-corrected chi connectivity index (χ0v) is 38.7. The van der Waals surface area contributed by atoms with Crippen LogP contribution in [0.5, 0.6) is 0 Å². The first-order valence-electron chi connectivity index (χ1n) is 24.9. The second kappa shape index (κ2) is 19.9. The van der Waals surface area contributed by atoms with Gasteiger partial charge in [-0.25, -0.2) is 0 Å². The van der Waals surface area contributed by atoms with Crippen LogP contribution in [-0.4, -0.2) is 42.5 Å². The fraction of sp³-hybridized carbons (Fsp3) is 0.830. The lowest BCUT2D eigenvalue weighted by Crippen LogP contribution is -2.51. The maximum atomic E-state index is 12.5. The molecule has 0 heterocycles. The highest BCUT2D eigenvalue weighted by atomic mass is 16.5. The summed E-state index contributed by atoms with van der Waals surface area (Å²) in [6.45, 7) is 16.1. The number of allylic oxidation sites excluding steroid dienone is 2. The maximum Gasteiger partial charge on any atom is 0.306 e. The van der Waals surface area contributed by atoms with Crippen LogP contribution in [0.2, 0.25) is 0 Å². The van der Waals surface area contributed by atoms with Crippen molar-refractivity contribution in [1.29, 1.82) is 0 Å². The van der Waals surface area contributed by atoms with E-state index in [1.165, 1.54) is 88.2 Å². The lowest BCUT2D eigenvalue weighted by Gasteiger charge is -2.57. The van der Waals surface area contributed by atoms with E-state index in [1.54, 1.807) is 0 Å². The molecule has 0 aromatic carbocycles. The zero-order valence-electron chi connectivity index (χ0n) is 38.7. The summed E-state index contributed by atoms with van der Waals surface area (Å²) in [6, 6.07) is 0. The van der Waals surface area contributed by atoms with Crippen molar-refractivity contribution in [1.82, 2.24) is 0 Å². The summed E-state index contributed by atoms with van der Waals surface area (Å²) in [6.07, 6.45) is 31.9. The number of ketones is 2. The van der Waals surface area contributed by atoms with Crippen molar-refractivity contribution in [3.05, 3.63) is 23.3 Å². The fourth-order valence-electron chi connectivity index (χ4n) is 15.2. The molecule has 12 atom stereocenters. The van der Waals surface area contributed by atoms with Gasteiger partial charge in [0.05, 0.1) is 0 Å². The highest BCUT2D eigenvalue weighted by molar-refractivity contribution is 5.92. The number of unbranched alkanes of at least 4 members (excludes halogenated alkanes) is 6. The van der Waals surface area contributed by atoms with Crippen LogP contribution < -0.4 is 0 Å². The summed E-state index contributed by atoms with van der Waals surface area (Å²) in [7, 11) is 0. The van der Waals surface area contributed by atoms with Crippen molar-refractivity contribution in [3.63, 3.8) is 0 Å². The van der Waals surface area contributed by atoms with E-state index in [9.17, 15) is 19.2 Å². The first-order valence-corrected chi connectivity index (χ1v) is 24.9. The molecule has 7 nitrogen and oxygen atoms in total. The number of carbonyl (C=O) groups excluding carboxylic acids is 5. The van der Waals surface area contributed by atoms with Crippen LogP contribution in [0.4, 0.5) is 0 Å². The third-order valence-corrected chi connectivity index (χ3v) is 18.8. The van der Waals surface area contributed by atoms with E-state index in [2.05, 4.69) is 41.5 Å². The van der Waals surface area contributed by atoms with E-state index >= 15 is 0 Å². The van der Waals surface area contributed by atoms with Crippen LogP contribution in [0.3, 0.4) is 0 Å². The second-order valence-corrected chi connectivity index (χ2v) is 21.8. The van der Waals surface area contributed by atoms with Crippen LogP contribution in [-0.2, 0) is 33.4 Å². The molecule has 60 heavy (non-hydrogen) atoms. The highest BCUT2D eigenvalue weighted by Crippen LogP contribution is 2.67. The number of hydrogen-bond acceptors (Lipinski definition) is 7. The number of fused-ring (bicyclic) bond motifs is 10. The molecule has 8 rings (SSSR count). The predicted molar refractivity (Wildman–Crippen MR) is 238 cm³/mol. The molecule has 0 N–H and O–H groups in total. The Morgan fingerprint density at radius 1 is 0.533 bits per heavy atom. The monoisotopic (exact) mass is 831 g/mol. The number of hydrogen-bond donors (Lipinski definition) is 0. The van der Waals surface area contributed by atoms with Gasteiger partial charge in [0.25, 0.3) is 0 Å². The first-order chi connectivity index (χ1) is 28.8. The number of carbonyl (C=O) groups is 5. The van der Waals surface area contributed by atoms with E-state index in [4.69, 9.17) is 14.3 Å². The van der Waals surface area contributed by atoms with E-state index in [0.717, 1.165) is 88.9 Å². The molecule has 0 radical (unpaired) electrons. The lowest BCUT2D eigenvalue weighted by molar-refractivity contribution is -0.160. The van der Waals surface area contributed by atoms with Gasteiger partial charge < -0.3 is 14.3 Å². The molecule has 0 aromatic heterocycles. The minimum atomic E-state index is 0.0294. The molecular formula is C53H82O7. The van der Waals surface area contributed by atoms with E-state index in [-0.39, 0.29) is 45.8 Å². The van der Waals surface area contributed by atoms with Crippen molar-refractivity contribution >= 4 is 30.3 Å². The van der Waals surface area contributed by atoms with Crippen LogP contribution in [0.25, 0.3) is 0 Å². The van der Waals surface area contributed by atoms with Crippen molar-refractivity contribution in [2.45, 2.75) is 221 Å². The molecule has 0 bridgehead atoms. The molecule has 0 saturated heterocycles. The molecule has 0 unspecified atom stereocenters. The van der Waals surface area contributed by atoms with Gasteiger partial charge >= 0.3 is 11.9 Å². The van der Waals surface area contributed by atoms with E-state index in [1.807, 2.05) is 18.9 Å². The summed E-state index contributed by atoms with van der Waals surface area (Å²) in [5.74, 6) is 4.96. The Morgan fingerprint density at radius 3 is 1.32 bits per heavy atom. The largest absolute Gasteiger partial charge is 0.462 e. The third-order valence-electron chi connectivity index (χ3n) is 18.8. The normalized spacial score (nSPS) is 39.9. The Hall–Kier alpha value is -2.57. The fourth-order valence-corrected chi connectivity index (χ4v) is 15.2. The molecule has 6 fully saturated rings. The van der Waals surface area contributed by atoms with Gasteiger partial charge in [-0.3, -0.25) is 19.2 Å². The Labute approximate surface area is 363 Å². The topological polar surface area (TPSA) is 104 Å². The van der Waals surface area contributed by atoms with Gasteiger partial charge in [-0.2, -0.15) is 0 Å². The Morgan fingerprint density at radius 2 is 0.933 bits per heavy atom. The first kappa shape index (κ1) is 46.9. The zero-order chi connectivity index (χ0) is 43.3. The molecular weight excluding hydrogens is 749 g/mol. The van der Waals surface area contributed by atoms with Crippen LogP contribution in [0.1, 0.15) is 208 Å². The van der Waals surface area contributed by atoms with Crippen molar-refractivity contribution in [2.24, 2.45) is 57.2 Å². The Bertz CT molecular complexity index is 1490. The average Bonchev–Trinajstić information content (AvgIpc) is 3.75. The number of esters is 2. The SMILES string of the molecule is C=O.CCCCCCC(=O)O[C@H]1CC[C@H]2[C@@H]3CCC4=CC(=O)CC[C@]4(C)[C@H]3CC[C@]12C.CCCCCCC(=O)O[C@H]1CC[C@H]2[C@@H]3CCC4=CC(=O)CC[C@]4(C)[C@H]3CC[C@]12C. The third kappa shape index (κ3) is 9.22. The summed E-state index contributed by atoms with van der Waals surface area (Å²) < 4.78 is 12.2. The summed E-state index contributed by atoms with van der Waals surface area (Å²) in [4.78, 5) is 56.9. The molecule has 7 heteroatoms. The standard InChI is InChI=1S/2C26H40O3.CH2O/c2*1-4-5-6-7-8-24(28)29-23-12-11-21-20-10-9-18-17-19(27)13-15-25(18,2)22(20)14-16-26(21,23)3;1-2/h2*17,20-23H,4-16H2,1-3H3;1H2/t2*20-,21-,22-,23-,25-,26-;/m00./s1. The summed E-state index contributed by atoms with van der Waals surface area (Å²) in [5, 5.41) is 0. The molecule has 336 valence electrons. The van der Waals surface area contributed by atoms with Crippen LogP contribution in [0.15, 0.2) is 23.3 Å². The lowest BCUT2D eigenvalue weighted by atomic mass is 9.47. The average molecular weight is 831 g/mol. The van der Waals surface area contributed by atoms with Crippen LogP contribution in [0, 0.1) is 57.2 Å². The minimum Gasteiger partial charge on any atom is -0.462 e. The van der Waals surface area contributed by atoms with E-state index in [0.29, 0.717) is 48.1 Å². The summed E-state index contributed by atoms with van der Waals surface area (Å²) >= 11 is 0. The van der Waals surface area contributed by atoms with Crippen molar-refractivity contribution in [2.75, 3.05) is 0 Å². The molecule has 6 saturated carbocycles. The molecule has 8 aliphatic rings. The smallest absolute Gasteiger partial charge is 0.306 e.